The van der Waals surface area contributed by atoms with Crippen LogP contribution in [0.5, 0.6) is 0 Å². The third kappa shape index (κ3) is 4.44. The molecular weight excluding hydrogens is 368 g/mol. The molecule has 0 spiro atoms. The van der Waals surface area contributed by atoms with Crippen LogP contribution in [0.3, 0.4) is 0 Å². The lowest BCUT2D eigenvalue weighted by atomic mass is 9.69. The number of carbonyl (C=O) groups is 2. The summed E-state index contributed by atoms with van der Waals surface area (Å²) < 4.78 is 5.09. The first-order valence-corrected chi connectivity index (χ1v) is 10.8. The Balaban J connectivity index is 1.81. The van der Waals surface area contributed by atoms with Gasteiger partial charge < -0.3 is 15.0 Å². The number of methoxy groups -OCH3 is 1. The number of hydrogen-bond donors (Lipinski definition) is 1. The topological polar surface area (TPSA) is 84.4 Å². The van der Waals surface area contributed by atoms with Gasteiger partial charge in [0.2, 0.25) is 5.91 Å². The Morgan fingerprint density at radius 3 is 2.69 bits per heavy atom. The van der Waals surface area contributed by atoms with Crippen molar-refractivity contribution in [2.75, 3.05) is 20.3 Å². The highest BCUT2D eigenvalue weighted by molar-refractivity contribution is 5.96. The zero-order valence-electron chi connectivity index (χ0n) is 18.1. The summed E-state index contributed by atoms with van der Waals surface area (Å²) in [6.45, 7) is 7.41. The molecular formula is C22H34N4O3. The van der Waals surface area contributed by atoms with Gasteiger partial charge in [-0.25, -0.2) is 9.97 Å². The van der Waals surface area contributed by atoms with Crippen molar-refractivity contribution in [1.82, 2.24) is 20.2 Å². The molecule has 3 heterocycles. The van der Waals surface area contributed by atoms with Crippen LogP contribution < -0.4 is 5.32 Å². The minimum Gasteiger partial charge on any atom is -0.385 e. The SMILES string of the molecule is COCCCNC(=O)[C@@]1(CCC(C)C)C[C@H]2CC[C@@H]1N2C(=O)c1cnc(C)nc1. The van der Waals surface area contributed by atoms with Gasteiger partial charge in [0.05, 0.1) is 11.0 Å². The summed E-state index contributed by atoms with van der Waals surface area (Å²) in [5.41, 5.74) is 0.00856. The number of carbonyl (C=O) groups excluding carboxylic acids is 2. The van der Waals surface area contributed by atoms with Crippen molar-refractivity contribution in [3.05, 3.63) is 23.8 Å². The summed E-state index contributed by atoms with van der Waals surface area (Å²) in [6.07, 6.45) is 8.38. The number of aromatic nitrogens is 2. The van der Waals surface area contributed by atoms with Gasteiger partial charge in [-0.2, -0.15) is 0 Å². The van der Waals surface area contributed by atoms with Gasteiger partial charge in [-0.15, -0.1) is 0 Å². The minimum absolute atomic E-state index is 0.0453. The van der Waals surface area contributed by atoms with Crippen LogP contribution in [0.25, 0.3) is 0 Å². The zero-order valence-corrected chi connectivity index (χ0v) is 18.1. The van der Waals surface area contributed by atoms with Crippen molar-refractivity contribution in [1.29, 1.82) is 0 Å². The first kappa shape index (κ1) is 21.7. The molecule has 0 radical (unpaired) electrons. The highest BCUT2D eigenvalue weighted by Crippen LogP contribution is 2.53. The number of rotatable bonds is 9. The summed E-state index contributed by atoms with van der Waals surface area (Å²) in [4.78, 5) is 37.0. The molecule has 1 N–H and O–H groups in total. The third-order valence-electron chi connectivity index (χ3n) is 6.43. The van der Waals surface area contributed by atoms with E-state index in [1.807, 2.05) is 4.90 Å². The predicted octanol–water partition coefficient (Wildman–Crippen LogP) is 2.74. The van der Waals surface area contributed by atoms with Gasteiger partial charge in [-0.05, 0) is 51.4 Å². The van der Waals surface area contributed by atoms with Gasteiger partial charge >= 0.3 is 0 Å². The molecule has 0 aliphatic carbocycles. The van der Waals surface area contributed by atoms with Gasteiger partial charge in [0, 0.05) is 44.7 Å². The maximum absolute atomic E-state index is 13.4. The number of ether oxygens (including phenoxy) is 1. The third-order valence-corrected chi connectivity index (χ3v) is 6.43. The minimum atomic E-state index is -0.499. The van der Waals surface area contributed by atoms with Crippen molar-refractivity contribution in [2.45, 2.75) is 71.4 Å². The van der Waals surface area contributed by atoms with E-state index >= 15 is 0 Å². The molecule has 29 heavy (non-hydrogen) atoms. The number of nitrogens with one attached hydrogen (secondary N) is 1. The second kappa shape index (κ2) is 9.20. The Morgan fingerprint density at radius 1 is 1.31 bits per heavy atom. The van der Waals surface area contributed by atoms with E-state index in [0.29, 0.717) is 30.5 Å². The van der Waals surface area contributed by atoms with E-state index in [1.54, 1.807) is 26.4 Å². The number of hydrogen-bond acceptors (Lipinski definition) is 5. The van der Waals surface area contributed by atoms with Gasteiger partial charge in [-0.1, -0.05) is 13.8 Å². The molecule has 160 valence electrons. The summed E-state index contributed by atoms with van der Waals surface area (Å²) in [7, 11) is 1.67. The quantitative estimate of drug-likeness (QED) is 0.642. The van der Waals surface area contributed by atoms with Gasteiger partial charge in [0.25, 0.3) is 5.91 Å². The highest BCUT2D eigenvalue weighted by atomic mass is 16.5. The average Bonchev–Trinajstić information content (AvgIpc) is 3.26. The maximum Gasteiger partial charge on any atom is 0.257 e. The summed E-state index contributed by atoms with van der Waals surface area (Å²) in [6, 6.07) is 0.0631. The standard InChI is InChI=1S/C22H34N4O3/c1-15(2)8-9-22(21(28)23-10-5-11-29-4)12-18-6-7-19(22)26(18)20(27)17-13-24-16(3)25-14-17/h13-15,18-19H,5-12H2,1-4H3,(H,23,28)/t18-,19+,22+/m1/s1. The molecule has 2 amide bonds. The Bertz CT molecular complexity index is 721. The maximum atomic E-state index is 13.4. The van der Waals surface area contributed by atoms with Crippen molar-refractivity contribution < 1.29 is 14.3 Å². The zero-order chi connectivity index (χ0) is 21.0. The van der Waals surface area contributed by atoms with Crippen LogP contribution in [0.1, 0.15) is 68.6 Å². The van der Waals surface area contributed by atoms with Crippen molar-refractivity contribution in [3.63, 3.8) is 0 Å². The van der Waals surface area contributed by atoms with Gasteiger partial charge in [0.15, 0.2) is 0 Å². The van der Waals surface area contributed by atoms with Crippen LogP contribution in [-0.4, -0.2) is 59.0 Å². The van der Waals surface area contributed by atoms with Crippen LogP contribution in [0.2, 0.25) is 0 Å². The van der Waals surface area contributed by atoms with Crippen LogP contribution in [0, 0.1) is 18.3 Å². The lowest BCUT2D eigenvalue weighted by molar-refractivity contribution is -0.133. The van der Waals surface area contributed by atoms with Crippen LogP contribution in [-0.2, 0) is 9.53 Å². The van der Waals surface area contributed by atoms with E-state index in [-0.39, 0.29) is 23.9 Å². The number of nitrogens with zero attached hydrogens (tertiary/aromatic N) is 3. The summed E-state index contributed by atoms with van der Waals surface area (Å²) >= 11 is 0. The highest BCUT2D eigenvalue weighted by Gasteiger charge is 2.60. The molecule has 0 aromatic carbocycles. The van der Waals surface area contributed by atoms with E-state index in [0.717, 1.165) is 38.5 Å². The van der Waals surface area contributed by atoms with E-state index in [2.05, 4.69) is 29.1 Å². The summed E-state index contributed by atoms with van der Waals surface area (Å²) in [5.74, 6) is 1.21. The Labute approximate surface area is 173 Å². The van der Waals surface area contributed by atoms with E-state index < -0.39 is 5.41 Å². The average molecular weight is 403 g/mol. The molecule has 1 aromatic rings. The van der Waals surface area contributed by atoms with Crippen LogP contribution in [0.15, 0.2) is 12.4 Å². The van der Waals surface area contributed by atoms with Crippen LogP contribution >= 0.6 is 0 Å². The fourth-order valence-corrected chi connectivity index (χ4v) is 4.91. The Kier molecular flexibility index (Phi) is 6.88. The van der Waals surface area contributed by atoms with Crippen LogP contribution in [0.4, 0.5) is 0 Å². The van der Waals surface area contributed by atoms with Gasteiger partial charge in [0.1, 0.15) is 5.82 Å². The monoisotopic (exact) mass is 402 g/mol. The fraction of sp³-hybridized carbons (Fsp3) is 0.727. The van der Waals surface area contributed by atoms with E-state index in [1.165, 1.54) is 0 Å². The van der Waals surface area contributed by atoms with Gasteiger partial charge in [-0.3, -0.25) is 9.59 Å². The predicted molar refractivity (Wildman–Crippen MR) is 110 cm³/mol. The molecule has 2 saturated heterocycles. The molecule has 7 nitrogen and oxygen atoms in total. The van der Waals surface area contributed by atoms with Crippen molar-refractivity contribution in [3.8, 4) is 0 Å². The smallest absolute Gasteiger partial charge is 0.257 e. The molecule has 0 saturated carbocycles. The molecule has 2 fully saturated rings. The number of fused-ring (bicyclic) bond motifs is 2. The first-order valence-electron chi connectivity index (χ1n) is 10.8. The first-order chi connectivity index (χ1) is 13.9. The Morgan fingerprint density at radius 2 is 2.03 bits per heavy atom. The van der Waals surface area contributed by atoms with Crippen molar-refractivity contribution >= 4 is 11.8 Å². The lowest BCUT2D eigenvalue weighted by Crippen LogP contribution is -2.50. The molecule has 2 aliphatic heterocycles. The molecule has 2 bridgehead atoms. The normalized spacial score (nSPS) is 25.6. The molecule has 3 atom stereocenters. The van der Waals surface area contributed by atoms with E-state index in [9.17, 15) is 9.59 Å². The second-order valence-corrected chi connectivity index (χ2v) is 8.87. The fourth-order valence-electron chi connectivity index (χ4n) is 4.91. The second-order valence-electron chi connectivity index (χ2n) is 8.87. The molecule has 1 aromatic heterocycles. The van der Waals surface area contributed by atoms with Crippen molar-refractivity contribution in [2.24, 2.45) is 11.3 Å². The number of amides is 2. The van der Waals surface area contributed by atoms with E-state index in [4.69, 9.17) is 4.74 Å². The lowest BCUT2D eigenvalue weighted by Gasteiger charge is -2.36. The number of aryl methyl sites for hydroxylation is 1. The molecule has 7 heteroatoms. The molecule has 2 aliphatic rings. The largest absolute Gasteiger partial charge is 0.385 e. The Hall–Kier alpha value is -2.02. The molecule has 3 rings (SSSR count). The summed E-state index contributed by atoms with van der Waals surface area (Å²) in [5, 5.41) is 3.13. The molecule has 0 unspecified atom stereocenters.